The lowest BCUT2D eigenvalue weighted by atomic mass is 10.0. The van der Waals surface area contributed by atoms with Crippen LogP contribution < -0.4 is 15.0 Å². The molecule has 2 aromatic carbocycles. The molecule has 2 amide bonds. The Morgan fingerprint density at radius 3 is 2.94 bits per heavy atom. The van der Waals surface area contributed by atoms with Gasteiger partial charge >= 0.3 is 0 Å². The number of anilines is 2. The van der Waals surface area contributed by atoms with Gasteiger partial charge < -0.3 is 9.64 Å². The number of hydrogen-bond acceptors (Lipinski definition) is 7. The van der Waals surface area contributed by atoms with Gasteiger partial charge in [0.25, 0.3) is 5.91 Å². The minimum Gasteiger partial charge on any atom is -0.496 e. The molecule has 160 valence electrons. The highest BCUT2D eigenvalue weighted by atomic mass is 35.5. The number of benzene rings is 2. The molecule has 1 aromatic heterocycles. The molecule has 2 heterocycles. The average Bonchev–Trinajstić information content (AvgIpc) is 3.24. The Balaban J connectivity index is 1.37. The molecule has 0 unspecified atom stereocenters. The van der Waals surface area contributed by atoms with Crippen LogP contribution in [0.2, 0.25) is 5.02 Å². The summed E-state index contributed by atoms with van der Waals surface area (Å²) in [5.41, 5.74) is 2.49. The third kappa shape index (κ3) is 5.00. The number of aromatic nitrogens is 2. The van der Waals surface area contributed by atoms with Gasteiger partial charge in [0.05, 0.1) is 18.4 Å². The van der Waals surface area contributed by atoms with Crippen molar-refractivity contribution in [2.24, 2.45) is 0 Å². The van der Waals surface area contributed by atoms with Crippen LogP contribution in [0, 0.1) is 0 Å². The van der Waals surface area contributed by atoms with Crippen LogP contribution in [-0.4, -0.2) is 41.4 Å². The van der Waals surface area contributed by atoms with E-state index in [1.807, 2.05) is 23.1 Å². The number of aryl methyl sites for hydroxylation is 1. The zero-order valence-corrected chi connectivity index (χ0v) is 19.0. The molecule has 0 saturated heterocycles. The Hall–Kier alpha value is -2.62. The summed E-state index contributed by atoms with van der Waals surface area (Å²) in [5.74, 6) is 0.294. The molecule has 0 fully saturated rings. The number of rotatable bonds is 6. The summed E-state index contributed by atoms with van der Waals surface area (Å²) in [5, 5.41) is 11.5. The Bertz CT molecular complexity index is 1120. The Kier molecular flexibility index (Phi) is 6.74. The maximum Gasteiger partial charge on any atom is 0.261 e. The number of thioether (sulfide) groups is 1. The molecule has 0 aliphatic carbocycles. The van der Waals surface area contributed by atoms with Crippen molar-refractivity contribution < 1.29 is 14.3 Å². The minimum atomic E-state index is -0.395. The summed E-state index contributed by atoms with van der Waals surface area (Å²) in [4.78, 5) is 27.2. The number of fused-ring (bicyclic) bond motifs is 1. The highest BCUT2D eigenvalue weighted by molar-refractivity contribution is 8.01. The molecule has 0 radical (unpaired) electrons. The van der Waals surface area contributed by atoms with E-state index in [0.717, 1.165) is 25.1 Å². The van der Waals surface area contributed by atoms with Gasteiger partial charge in [0, 0.05) is 17.3 Å². The van der Waals surface area contributed by atoms with E-state index in [1.54, 1.807) is 12.1 Å². The van der Waals surface area contributed by atoms with Crippen molar-refractivity contribution in [1.29, 1.82) is 0 Å². The predicted octanol–water partition coefficient (Wildman–Crippen LogP) is 4.52. The topological polar surface area (TPSA) is 84.4 Å². The fraction of sp³-hybridized carbons (Fsp3) is 0.238. The van der Waals surface area contributed by atoms with Crippen LogP contribution in [-0.2, 0) is 11.2 Å². The SMILES string of the molecule is COc1ccc(Cl)cc1C(=O)Nc1nnc(SCC(=O)N2CCCc3ccccc32)s1. The van der Waals surface area contributed by atoms with Gasteiger partial charge in [-0.25, -0.2) is 0 Å². The average molecular weight is 475 g/mol. The zero-order chi connectivity index (χ0) is 21.8. The molecule has 0 spiro atoms. The normalized spacial score (nSPS) is 12.9. The van der Waals surface area contributed by atoms with Gasteiger partial charge in [-0.15, -0.1) is 10.2 Å². The van der Waals surface area contributed by atoms with Crippen molar-refractivity contribution in [2.45, 2.75) is 17.2 Å². The van der Waals surface area contributed by atoms with Gasteiger partial charge in [0.2, 0.25) is 11.0 Å². The molecule has 1 N–H and O–H groups in total. The number of nitrogens with zero attached hydrogens (tertiary/aromatic N) is 3. The molecule has 1 aliphatic heterocycles. The summed E-state index contributed by atoms with van der Waals surface area (Å²) in [7, 11) is 1.48. The molecular weight excluding hydrogens is 456 g/mol. The first kappa shape index (κ1) is 21.6. The van der Waals surface area contributed by atoms with Crippen LogP contribution in [0.15, 0.2) is 46.8 Å². The molecule has 7 nitrogen and oxygen atoms in total. The van der Waals surface area contributed by atoms with E-state index in [9.17, 15) is 9.59 Å². The van der Waals surface area contributed by atoms with Gasteiger partial charge in [0.15, 0.2) is 4.34 Å². The highest BCUT2D eigenvalue weighted by Crippen LogP contribution is 2.30. The van der Waals surface area contributed by atoms with Crippen molar-refractivity contribution in [2.75, 3.05) is 29.6 Å². The van der Waals surface area contributed by atoms with Crippen molar-refractivity contribution in [3.8, 4) is 5.75 Å². The molecule has 4 rings (SSSR count). The van der Waals surface area contributed by atoms with E-state index in [0.29, 0.717) is 25.8 Å². The molecule has 3 aromatic rings. The van der Waals surface area contributed by atoms with Crippen LogP contribution in [0.1, 0.15) is 22.3 Å². The third-order valence-electron chi connectivity index (χ3n) is 4.76. The molecular formula is C21H19ClN4O3S2. The largest absolute Gasteiger partial charge is 0.496 e. The second kappa shape index (κ2) is 9.67. The first-order valence-electron chi connectivity index (χ1n) is 9.54. The summed E-state index contributed by atoms with van der Waals surface area (Å²) in [6, 6.07) is 12.8. The molecule has 0 atom stereocenters. The summed E-state index contributed by atoms with van der Waals surface area (Å²) < 4.78 is 5.82. The van der Waals surface area contributed by atoms with Gasteiger partial charge in [-0.2, -0.15) is 0 Å². The van der Waals surface area contributed by atoms with Crippen LogP contribution in [0.3, 0.4) is 0 Å². The maximum absolute atomic E-state index is 12.8. The summed E-state index contributed by atoms with van der Waals surface area (Å²) in [6.45, 7) is 0.718. The number of ether oxygens (including phenoxy) is 1. The Morgan fingerprint density at radius 1 is 1.26 bits per heavy atom. The van der Waals surface area contributed by atoms with E-state index >= 15 is 0 Å². The number of hydrogen-bond donors (Lipinski definition) is 1. The summed E-state index contributed by atoms with van der Waals surface area (Å²) in [6.07, 6.45) is 1.94. The van der Waals surface area contributed by atoms with E-state index < -0.39 is 5.91 Å². The first-order valence-corrected chi connectivity index (χ1v) is 11.7. The Labute approximate surface area is 192 Å². The first-order chi connectivity index (χ1) is 15.0. The van der Waals surface area contributed by atoms with Crippen molar-refractivity contribution in [1.82, 2.24) is 10.2 Å². The molecule has 31 heavy (non-hydrogen) atoms. The number of halogens is 1. The van der Waals surface area contributed by atoms with Crippen LogP contribution in [0.25, 0.3) is 0 Å². The summed E-state index contributed by atoms with van der Waals surface area (Å²) >= 11 is 8.51. The third-order valence-corrected chi connectivity index (χ3v) is 6.96. The molecule has 0 bridgehead atoms. The van der Waals surface area contributed by atoms with Crippen molar-refractivity contribution in [3.05, 3.63) is 58.6 Å². The fourth-order valence-corrected chi connectivity index (χ4v) is 5.13. The lowest BCUT2D eigenvalue weighted by molar-refractivity contribution is -0.116. The van der Waals surface area contributed by atoms with E-state index in [4.69, 9.17) is 16.3 Å². The van der Waals surface area contributed by atoms with Crippen LogP contribution in [0.4, 0.5) is 10.8 Å². The van der Waals surface area contributed by atoms with Gasteiger partial charge in [-0.3, -0.25) is 14.9 Å². The minimum absolute atomic E-state index is 0.0293. The Morgan fingerprint density at radius 2 is 2.10 bits per heavy atom. The highest BCUT2D eigenvalue weighted by Gasteiger charge is 2.23. The number of carbonyl (C=O) groups excluding carboxylic acids is 2. The second-order valence-electron chi connectivity index (χ2n) is 6.74. The number of para-hydroxylation sites is 1. The lowest BCUT2D eigenvalue weighted by Gasteiger charge is -2.29. The van der Waals surface area contributed by atoms with Crippen molar-refractivity contribution >= 4 is 57.3 Å². The standard InChI is InChI=1S/C21H19ClN4O3S2/c1-29-17-9-8-14(22)11-15(17)19(28)23-20-24-25-21(31-20)30-12-18(27)26-10-4-6-13-5-2-3-7-16(13)26/h2-3,5,7-9,11H,4,6,10,12H2,1H3,(H,23,24,28). The smallest absolute Gasteiger partial charge is 0.261 e. The lowest BCUT2D eigenvalue weighted by Crippen LogP contribution is -2.36. The number of nitrogens with one attached hydrogen (secondary N) is 1. The molecule has 1 aliphatic rings. The fourth-order valence-electron chi connectivity index (χ4n) is 3.33. The maximum atomic E-state index is 12.8. The molecule has 10 heteroatoms. The monoisotopic (exact) mass is 474 g/mol. The van der Waals surface area contributed by atoms with Crippen LogP contribution >= 0.6 is 34.7 Å². The van der Waals surface area contributed by atoms with Crippen LogP contribution in [0.5, 0.6) is 5.75 Å². The van der Waals surface area contributed by atoms with Crippen molar-refractivity contribution in [3.63, 3.8) is 0 Å². The zero-order valence-electron chi connectivity index (χ0n) is 16.6. The van der Waals surface area contributed by atoms with Gasteiger partial charge in [0.1, 0.15) is 5.75 Å². The molecule has 0 saturated carbocycles. The van der Waals surface area contributed by atoms with E-state index in [1.165, 1.54) is 41.8 Å². The predicted molar refractivity (Wildman–Crippen MR) is 124 cm³/mol. The number of methoxy groups -OCH3 is 1. The van der Waals surface area contributed by atoms with Gasteiger partial charge in [-0.1, -0.05) is 52.9 Å². The number of carbonyl (C=O) groups is 2. The second-order valence-corrected chi connectivity index (χ2v) is 9.37. The van der Waals surface area contributed by atoms with E-state index in [2.05, 4.69) is 21.6 Å². The quantitative estimate of drug-likeness (QED) is 0.417. The van der Waals surface area contributed by atoms with E-state index in [-0.39, 0.29) is 11.7 Å². The number of amides is 2. The van der Waals surface area contributed by atoms with Gasteiger partial charge in [-0.05, 0) is 42.7 Å².